The fraction of sp³-hybridized carbons (Fsp3) is 0.896. The van der Waals surface area contributed by atoms with Gasteiger partial charge in [-0.15, -0.1) is 0 Å². The van der Waals surface area contributed by atoms with Crippen molar-refractivity contribution in [3.8, 4) is 0 Å². The highest BCUT2D eigenvalue weighted by atomic mass is 31.2. The van der Waals surface area contributed by atoms with Gasteiger partial charge in [0.05, 0.1) is 26.4 Å². The molecule has 0 bridgehead atoms. The number of allylic oxidation sites excluding steroid dienone is 4. The first-order chi connectivity index (χ1) is 46.4. The summed E-state index contributed by atoms with van der Waals surface area (Å²) in [5, 5.41) is 10.6. The van der Waals surface area contributed by atoms with Crippen LogP contribution in [0.5, 0.6) is 0 Å². The number of esters is 4. The van der Waals surface area contributed by atoms with E-state index in [-0.39, 0.29) is 25.7 Å². The Morgan fingerprint density at radius 3 is 0.938 bits per heavy atom. The molecule has 0 radical (unpaired) electrons. The van der Waals surface area contributed by atoms with E-state index >= 15 is 0 Å². The Morgan fingerprint density at radius 2 is 0.615 bits per heavy atom. The number of aliphatic hydroxyl groups excluding tert-OH is 1. The van der Waals surface area contributed by atoms with Gasteiger partial charge in [-0.2, -0.15) is 0 Å². The zero-order valence-corrected chi connectivity index (χ0v) is 63.9. The summed E-state index contributed by atoms with van der Waals surface area (Å²) < 4.78 is 68.5. The number of hydrogen-bond acceptors (Lipinski definition) is 15. The summed E-state index contributed by atoms with van der Waals surface area (Å²) in [7, 11) is -9.92. The van der Waals surface area contributed by atoms with Crippen LogP contribution in [0.25, 0.3) is 0 Å². The second-order valence-corrected chi connectivity index (χ2v) is 30.7. The van der Waals surface area contributed by atoms with Gasteiger partial charge in [0.15, 0.2) is 12.2 Å². The largest absolute Gasteiger partial charge is 0.472 e. The summed E-state index contributed by atoms with van der Waals surface area (Å²) in [4.78, 5) is 72.8. The van der Waals surface area contributed by atoms with Gasteiger partial charge >= 0.3 is 39.5 Å². The number of unbranched alkanes of at least 4 members (excludes halogenated alkanes) is 40. The molecule has 0 rings (SSSR count). The summed E-state index contributed by atoms with van der Waals surface area (Å²) in [6, 6.07) is 0. The Morgan fingerprint density at radius 1 is 0.344 bits per heavy atom. The Bertz CT molecular complexity index is 1950. The van der Waals surface area contributed by atoms with E-state index < -0.39 is 97.5 Å². The molecular weight excluding hydrogens is 1260 g/mol. The minimum absolute atomic E-state index is 0.101. The van der Waals surface area contributed by atoms with Gasteiger partial charge in [-0.25, -0.2) is 9.13 Å². The lowest BCUT2D eigenvalue weighted by atomic mass is 9.99. The van der Waals surface area contributed by atoms with Gasteiger partial charge < -0.3 is 33.8 Å². The van der Waals surface area contributed by atoms with Gasteiger partial charge in [0.1, 0.15) is 19.3 Å². The minimum atomic E-state index is -4.97. The monoisotopic (exact) mass is 1410 g/mol. The fourth-order valence-corrected chi connectivity index (χ4v) is 12.8. The summed E-state index contributed by atoms with van der Waals surface area (Å²) in [5.41, 5.74) is 0. The number of ether oxygens (including phenoxy) is 4. The molecule has 0 aromatic rings. The van der Waals surface area contributed by atoms with Crippen molar-refractivity contribution in [1.29, 1.82) is 0 Å². The van der Waals surface area contributed by atoms with Gasteiger partial charge in [-0.1, -0.05) is 323 Å². The zero-order chi connectivity index (χ0) is 70.7. The van der Waals surface area contributed by atoms with Gasteiger partial charge in [-0.05, 0) is 63.2 Å². The van der Waals surface area contributed by atoms with Crippen molar-refractivity contribution in [2.45, 2.75) is 394 Å². The third-order valence-corrected chi connectivity index (χ3v) is 19.6. The first-order valence-corrected chi connectivity index (χ1v) is 42.3. The predicted molar refractivity (Wildman–Crippen MR) is 391 cm³/mol. The smallest absolute Gasteiger partial charge is 0.462 e. The van der Waals surface area contributed by atoms with Crippen LogP contribution < -0.4 is 0 Å². The molecule has 19 heteroatoms. The molecule has 0 amide bonds. The number of phosphoric acid groups is 2. The van der Waals surface area contributed by atoms with E-state index in [9.17, 15) is 43.2 Å². The molecule has 0 heterocycles. The van der Waals surface area contributed by atoms with Crippen molar-refractivity contribution < 1.29 is 80.2 Å². The number of aliphatic hydroxyl groups is 1. The molecule has 6 atom stereocenters. The topological polar surface area (TPSA) is 237 Å². The Kier molecular flexibility index (Phi) is 66.6. The molecule has 17 nitrogen and oxygen atoms in total. The molecule has 0 fully saturated rings. The van der Waals surface area contributed by atoms with Crippen LogP contribution in [-0.4, -0.2) is 96.7 Å². The van der Waals surface area contributed by atoms with Crippen molar-refractivity contribution in [3.63, 3.8) is 0 Å². The van der Waals surface area contributed by atoms with Crippen LogP contribution in [0.1, 0.15) is 375 Å². The maximum atomic E-state index is 13.1. The van der Waals surface area contributed by atoms with E-state index in [1.165, 1.54) is 167 Å². The third kappa shape index (κ3) is 68.7. The highest BCUT2D eigenvalue weighted by molar-refractivity contribution is 7.47. The number of rotatable bonds is 74. The lowest BCUT2D eigenvalue weighted by molar-refractivity contribution is -0.161. The van der Waals surface area contributed by atoms with Gasteiger partial charge in [-0.3, -0.25) is 37.3 Å². The van der Waals surface area contributed by atoms with Crippen LogP contribution >= 0.6 is 15.6 Å². The molecule has 0 saturated heterocycles. The number of hydrogen-bond donors (Lipinski definition) is 3. The van der Waals surface area contributed by atoms with Gasteiger partial charge in [0, 0.05) is 25.7 Å². The highest BCUT2D eigenvalue weighted by Crippen LogP contribution is 2.45. The number of carbonyl (C=O) groups excluding carboxylic acids is 4. The van der Waals surface area contributed by atoms with Crippen LogP contribution in [-0.2, 0) is 65.4 Å². The lowest BCUT2D eigenvalue weighted by Crippen LogP contribution is -2.30. The molecule has 0 saturated carbocycles. The Labute approximate surface area is 586 Å². The maximum Gasteiger partial charge on any atom is 0.472 e. The van der Waals surface area contributed by atoms with Crippen LogP contribution in [0.3, 0.4) is 0 Å². The van der Waals surface area contributed by atoms with Crippen LogP contribution in [0, 0.1) is 11.8 Å². The lowest BCUT2D eigenvalue weighted by Gasteiger charge is -2.21. The normalized spacial score (nSPS) is 14.4. The molecule has 96 heavy (non-hydrogen) atoms. The SMILES string of the molecule is CCCCCC/C=C\C=C/CCCCCCCC(=O)OC[C@H](COP(=O)(O)OC[C@@H](O)COP(=O)(O)OC[C@@H](COC(=O)CCCCCCCCCC(C)C)OC(=O)CCCCCCCCCCCCC(C)CC)OC(=O)CCCCCCCCCCCCCCCCCCC. The first-order valence-electron chi connectivity index (χ1n) is 39.3. The van der Waals surface area contributed by atoms with Gasteiger partial charge in [0.2, 0.25) is 0 Å². The maximum absolute atomic E-state index is 13.1. The summed E-state index contributed by atoms with van der Waals surface area (Å²) in [5.74, 6) is -0.641. The molecule has 0 aliphatic carbocycles. The average molecular weight is 1410 g/mol. The van der Waals surface area contributed by atoms with E-state index in [1.54, 1.807) is 0 Å². The highest BCUT2D eigenvalue weighted by Gasteiger charge is 2.30. The molecule has 0 aliphatic heterocycles. The zero-order valence-electron chi connectivity index (χ0n) is 62.2. The molecule has 3 N–H and O–H groups in total. The molecule has 0 aromatic heterocycles. The molecule has 3 unspecified atom stereocenters. The standard InChI is InChI=1S/C77H146O17P2/c1-7-10-12-14-16-18-20-22-24-25-27-29-31-36-42-49-55-61-76(81)93-72(65-87-74(79)59-53-47-41-35-30-28-26-23-21-19-17-15-13-11-8-2)67-91-95(83,84)89-63-71(78)64-90-96(85,86)92-68-73(66-88-75(80)60-54-48-44-38-39-45-51-57-69(4)5)94-77(82)62-56-50-43-37-33-32-34-40-46-52-58-70(6)9-3/h19,21,23,26,69-73,78H,7-18,20,22,24-25,27-68H2,1-6H3,(H,83,84)(H,85,86)/b21-19-,26-23-/t70?,71-,72-,73-/m1/s1. The molecule has 566 valence electrons. The second kappa shape index (κ2) is 68.3. The molecule has 0 aromatic carbocycles. The van der Waals surface area contributed by atoms with Crippen LogP contribution in [0.15, 0.2) is 24.3 Å². The summed E-state index contributed by atoms with van der Waals surface area (Å²) in [6.45, 7) is 9.50. The minimum Gasteiger partial charge on any atom is -0.462 e. The number of phosphoric ester groups is 2. The van der Waals surface area contributed by atoms with Crippen molar-refractivity contribution in [2.75, 3.05) is 39.6 Å². The quantitative estimate of drug-likeness (QED) is 0.0169. The predicted octanol–water partition coefficient (Wildman–Crippen LogP) is 22.3. The summed E-state index contributed by atoms with van der Waals surface area (Å²) in [6.07, 6.45) is 59.0. The van der Waals surface area contributed by atoms with Crippen molar-refractivity contribution in [2.24, 2.45) is 11.8 Å². The number of carbonyl (C=O) groups is 4. The van der Waals surface area contributed by atoms with Crippen molar-refractivity contribution in [1.82, 2.24) is 0 Å². The van der Waals surface area contributed by atoms with E-state index in [1.807, 2.05) is 0 Å². The van der Waals surface area contributed by atoms with Crippen LogP contribution in [0.4, 0.5) is 0 Å². The first kappa shape index (κ1) is 93.5. The van der Waals surface area contributed by atoms with Crippen molar-refractivity contribution in [3.05, 3.63) is 24.3 Å². The second-order valence-electron chi connectivity index (χ2n) is 27.8. The molecule has 0 spiro atoms. The van der Waals surface area contributed by atoms with E-state index in [2.05, 4.69) is 65.8 Å². The summed E-state index contributed by atoms with van der Waals surface area (Å²) >= 11 is 0. The van der Waals surface area contributed by atoms with Crippen LogP contribution in [0.2, 0.25) is 0 Å². The third-order valence-electron chi connectivity index (χ3n) is 17.7. The Hall–Kier alpha value is -2.46. The van der Waals surface area contributed by atoms with E-state index in [4.69, 9.17) is 37.0 Å². The molecular formula is C77H146O17P2. The fourth-order valence-electron chi connectivity index (χ4n) is 11.3. The van der Waals surface area contributed by atoms with Crippen molar-refractivity contribution >= 4 is 39.5 Å². The average Bonchev–Trinajstić information content (AvgIpc) is 2.26. The van der Waals surface area contributed by atoms with Gasteiger partial charge in [0.25, 0.3) is 0 Å². The Balaban J connectivity index is 5.29. The van der Waals surface area contributed by atoms with E-state index in [0.717, 1.165) is 121 Å². The van der Waals surface area contributed by atoms with E-state index in [0.29, 0.717) is 31.6 Å². The molecule has 0 aliphatic rings.